The number of para-hydroxylation sites is 1. The summed E-state index contributed by atoms with van der Waals surface area (Å²) in [5.74, 6) is 2.30. The molecular formula is C26H33N7O2. The summed E-state index contributed by atoms with van der Waals surface area (Å²) >= 11 is 0. The number of pyridine rings is 1. The van der Waals surface area contributed by atoms with Crippen molar-refractivity contribution in [1.29, 1.82) is 0 Å². The molecule has 3 aromatic heterocycles. The lowest BCUT2D eigenvalue weighted by Crippen LogP contribution is -2.30. The van der Waals surface area contributed by atoms with Gasteiger partial charge in [-0.3, -0.25) is 0 Å². The lowest BCUT2D eigenvalue weighted by molar-refractivity contribution is 0.304. The summed E-state index contributed by atoms with van der Waals surface area (Å²) in [6.07, 6.45) is 4.85. The third kappa shape index (κ3) is 4.31. The monoisotopic (exact) mass is 475 g/mol. The predicted molar refractivity (Wildman–Crippen MR) is 139 cm³/mol. The van der Waals surface area contributed by atoms with Crippen molar-refractivity contribution in [1.82, 2.24) is 24.8 Å². The Morgan fingerprint density at radius 3 is 2.71 bits per heavy atom. The van der Waals surface area contributed by atoms with Crippen LogP contribution in [0.3, 0.4) is 0 Å². The van der Waals surface area contributed by atoms with Crippen molar-refractivity contribution in [2.24, 2.45) is 5.92 Å². The van der Waals surface area contributed by atoms with Gasteiger partial charge in [0.05, 0.1) is 24.9 Å². The highest BCUT2D eigenvalue weighted by atomic mass is 16.5. The number of methoxy groups -OCH3 is 1. The minimum absolute atomic E-state index is 0.469. The molecule has 5 rings (SSSR count). The molecule has 4 aromatic rings. The third-order valence-corrected chi connectivity index (χ3v) is 6.62. The van der Waals surface area contributed by atoms with E-state index >= 15 is 0 Å². The summed E-state index contributed by atoms with van der Waals surface area (Å²) in [5, 5.41) is 18.3. The van der Waals surface area contributed by atoms with Crippen LogP contribution in [0.2, 0.25) is 0 Å². The van der Waals surface area contributed by atoms with Gasteiger partial charge in [-0.1, -0.05) is 44.9 Å². The number of fused-ring (bicyclic) bond motifs is 4. The van der Waals surface area contributed by atoms with Crippen LogP contribution in [0, 0.1) is 5.92 Å². The lowest BCUT2D eigenvalue weighted by atomic mass is 9.98. The van der Waals surface area contributed by atoms with Gasteiger partial charge in [-0.2, -0.15) is 4.52 Å². The average Bonchev–Trinajstić information content (AvgIpc) is 3.31. The predicted octanol–water partition coefficient (Wildman–Crippen LogP) is 4.81. The van der Waals surface area contributed by atoms with Crippen molar-refractivity contribution in [3.63, 3.8) is 0 Å². The zero-order valence-corrected chi connectivity index (χ0v) is 20.9. The molecule has 1 N–H and O–H groups in total. The molecule has 1 aliphatic heterocycles. The fourth-order valence-electron chi connectivity index (χ4n) is 4.85. The molecular weight excluding hydrogens is 442 g/mol. The number of anilines is 2. The molecule has 0 saturated carbocycles. The Balaban J connectivity index is 1.55. The Kier molecular flexibility index (Phi) is 6.57. The minimum atomic E-state index is 0.469. The largest absolute Gasteiger partial charge is 0.486 e. The number of likely N-dealkylation sites (N-methyl/N-ethyl adjacent to an activating group) is 1. The van der Waals surface area contributed by atoms with Crippen LogP contribution in [0.15, 0.2) is 30.3 Å². The molecule has 1 aromatic carbocycles. The summed E-state index contributed by atoms with van der Waals surface area (Å²) in [6.45, 7) is 6.76. The van der Waals surface area contributed by atoms with Gasteiger partial charge < -0.3 is 19.7 Å². The molecule has 4 heterocycles. The van der Waals surface area contributed by atoms with Gasteiger partial charge in [-0.05, 0) is 30.9 Å². The fourth-order valence-corrected chi connectivity index (χ4v) is 4.85. The second-order valence-electron chi connectivity index (χ2n) is 9.11. The van der Waals surface area contributed by atoms with Gasteiger partial charge in [-0.25, -0.2) is 4.98 Å². The van der Waals surface area contributed by atoms with Gasteiger partial charge >= 0.3 is 0 Å². The van der Waals surface area contributed by atoms with Crippen LogP contribution in [-0.2, 0) is 0 Å². The number of nitrogens with zero attached hydrogens (tertiary/aromatic N) is 6. The number of hydrogen-bond donors (Lipinski definition) is 1. The Labute approximate surface area is 205 Å². The quantitative estimate of drug-likeness (QED) is 0.369. The van der Waals surface area contributed by atoms with Gasteiger partial charge in [0, 0.05) is 19.0 Å². The van der Waals surface area contributed by atoms with E-state index in [0.717, 1.165) is 35.4 Å². The lowest BCUT2D eigenvalue weighted by Gasteiger charge is -2.28. The molecule has 0 atom stereocenters. The number of aromatic nitrogens is 5. The van der Waals surface area contributed by atoms with E-state index in [1.807, 2.05) is 13.1 Å². The normalized spacial score (nSPS) is 13.3. The van der Waals surface area contributed by atoms with E-state index in [1.165, 1.54) is 25.7 Å². The highest BCUT2D eigenvalue weighted by molar-refractivity contribution is 5.91. The van der Waals surface area contributed by atoms with E-state index in [1.54, 1.807) is 11.6 Å². The highest BCUT2D eigenvalue weighted by Crippen LogP contribution is 2.41. The molecule has 9 heteroatoms. The topological polar surface area (TPSA) is 89.7 Å². The minimum Gasteiger partial charge on any atom is -0.486 e. The molecule has 0 spiro atoms. The van der Waals surface area contributed by atoms with Crippen LogP contribution in [0.25, 0.3) is 28.1 Å². The SMILES string of the molecule is CCCC(CCC)CNc1cccc2ccc(-c3nnc4c5c(c(OC)nn34)N(C)CCO5)nc12. The van der Waals surface area contributed by atoms with Crippen LogP contribution in [-0.4, -0.2) is 58.6 Å². The number of hydrogen-bond acceptors (Lipinski definition) is 8. The molecule has 0 aliphatic carbocycles. The maximum atomic E-state index is 5.97. The van der Waals surface area contributed by atoms with Crippen LogP contribution < -0.4 is 19.7 Å². The maximum Gasteiger partial charge on any atom is 0.259 e. The van der Waals surface area contributed by atoms with Crippen molar-refractivity contribution >= 4 is 27.9 Å². The molecule has 9 nitrogen and oxygen atoms in total. The second kappa shape index (κ2) is 9.93. The highest BCUT2D eigenvalue weighted by Gasteiger charge is 2.28. The zero-order chi connectivity index (χ0) is 24.4. The Bertz CT molecular complexity index is 1330. The average molecular weight is 476 g/mol. The fraction of sp³-hybridized carbons (Fsp3) is 0.462. The maximum absolute atomic E-state index is 5.97. The first-order valence-corrected chi connectivity index (χ1v) is 12.5. The number of ether oxygens (including phenoxy) is 2. The smallest absolute Gasteiger partial charge is 0.259 e. The Morgan fingerprint density at radius 1 is 1.11 bits per heavy atom. The molecule has 184 valence electrons. The standard InChI is InChI=1S/C26H33N7O2/c1-5-8-17(9-6-2)16-27-19-11-7-10-18-12-13-20(28-21(18)19)24-29-30-25-23-22(32(3)14-15-35-23)26(34-4)31-33(24)25/h7,10-13,17,27H,5-6,8-9,14-16H2,1-4H3. The Morgan fingerprint density at radius 2 is 1.94 bits per heavy atom. The van der Waals surface area contributed by atoms with Crippen LogP contribution in [0.5, 0.6) is 11.6 Å². The Hall–Kier alpha value is -3.62. The molecule has 0 amide bonds. The van der Waals surface area contributed by atoms with Crippen LogP contribution in [0.1, 0.15) is 39.5 Å². The van der Waals surface area contributed by atoms with Gasteiger partial charge in [-0.15, -0.1) is 15.3 Å². The van der Waals surface area contributed by atoms with Crippen molar-refractivity contribution in [3.8, 4) is 23.1 Å². The van der Waals surface area contributed by atoms with Crippen LogP contribution in [0.4, 0.5) is 11.4 Å². The van der Waals surface area contributed by atoms with Crippen molar-refractivity contribution in [3.05, 3.63) is 30.3 Å². The summed E-state index contributed by atoms with van der Waals surface area (Å²) in [5.41, 5.74) is 3.98. The first-order valence-electron chi connectivity index (χ1n) is 12.5. The molecule has 0 bridgehead atoms. The van der Waals surface area contributed by atoms with Gasteiger partial charge in [0.15, 0.2) is 5.75 Å². The van der Waals surface area contributed by atoms with Gasteiger partial charge in [0.2, 0.25) is 11.5 Å². The number of nitrogens with one attached hydrogen (secondary N) is 1. The first kappa shape index (κ1) is 23.1. The molecule has 1 aliphatic rings. The van der Waals surface area contributed by atoms with Crippen LogP contribution >= 0.6 is 0 Å². The van der Waals surface area contributed by atoms with E-state index in [4.69, 9.17) is 14.5 Å². The van der Waals surface area contributed by atoms with E-state index < -0.39 is 0 Å². The first-order chi connectivity index (χ1) is 17.1. The molecule has 0 unspecified atom stereocenters. The molecule has 35 heavy (non-hydrogen) atoms. The number of rotatable bonds is 9. The van der Waals surface area contributed by atoms with Crippen molar-refractivity contribution < 1.29 is 9.47 Å². The summed E-state index contributed by atoms with van der Waals surface area (Å²) < 4.78 is 13.2. The molecule has 0 fully saturated rings. The molecule has 0 saturated heterocycles. The number of benzene rings is 1. The van der Waals surface area contributed by atoms with E-state index in [2.05, 4.69) is 63.6 Å². The van der Waals surface area contributed by atoms with Gasteiger partial charge in [0.1, 0.15) is 18.0 Å². The van der Waals surface area contributed by atoms with E-state index in [-0.39, 0.29) is 0 Å². The van der Waals surface area contributed by atoms with Crippen molar-refractivity contribution in [2.75, 3.05) is 44.1 Å². The molecule has 0 radical (unpaired) electrons. The zero-order valence-electron chi connectivity index (χ0n) is 20.9. The van der Waals surface area contributed by atoms with E-state index in [0.29, 0.717) is 41.3 Å². The van der Waals surface area contributed by atoms with Crippen molar-refractivity contribution in [2.45, 2.75) is 39.5 Å². The van der Waals surface area contributed by atoms with E-state index in [9.17, 15) is 0 Å². The summed E-state index contributed by atoms with van der Waals surface area (Å²) in [6, 6.07) is 10.3. The third-order valence-electron chi connectivity index (χ3n) is 6.62. The summed E-state index contributed by atoms with van der Waals surface area (Å²) in [4.78, 5) is 7.07. The second-order valence-corrected chi connectivity index (χ2v) is 9.11. The summed E-state index contributed by atoms with van der Waals surface area (Å²) in [7, 11) is 3.60. The van der Waals surface area contributed by atoms with Gasteiger partial charge in [0.25, 0.3) is 5.88 Å².